The van der Waals surface area contributed by atoms with E-state index in [4.69, 9.17) is 4.74 Å². The van der Waals surface area contributed by atoms with E-state index in [1.807, 2.05) is 6.07 Å². The maximum Gasteiger partial charge on any atom is 0.337 e. The number of hydrogen-bond donors (Lipinski definition) is 0. The highest BCUT2D eigenvalue weighted by Crippen LogP contribution is 2.10. The SMILES string of the molecule is COC(=O)c1cccc(COC(=O)CCC(C)C)c1. The van der Waals surface area contributed by atoms with Gasteiger partial charge in [-0.15, -0.1) is 0 Å². The zero-order valence-electron chi connectivity index (χ0n) is 11.6. The fourth-order valence-electron chi connectivity index (χ4n) is 1.55. The van der Waals surface area contributed by atoms with E-state index in [1.165, 1.54) is 7.11 Å². The summed E-state index contributed by atoms with van der Waals surface area (Å²) < 4.78 is 9.79. The minimum Gasteiger partial charge on any atom is -0.465 e. The summed E-state index contributed by atoms with van der Waals surface area (Å²) in [5.74, 6) is -0.125. The van der Waals surface area contributed by atoms with Crippen LogP contribution in [0.15, 0.2) is 24.3 Å². The molecule has 0 N–H and O–H groups in total. The van der Waals surface area contributed by atoms with Gasteiger partial charge in [-0.3, -0.25) is 4.79 Å². The molecule has 0 radical (unpaired) electrons. The Hall–Kier alpha value is -1.84. The minimum atomic E-state index is -0.395. The molecular formula is C15H20O4. The van der Waals surface area contributed by atoms with E-state index in [2.05, 4.69) is 18.6 Å². The number of ether oxygens (including phenoxy) is 2. The van der Waals surface area contributed by atoms with Crippen LogP contribution in [0, 0.1) is 5.92 Å². The number of carbonyl (C=O) groups is 2. The molecule has 0 saturated heterocycles. The predicted molar refractivity (Wildman–Crippen MR) is 71.6 cm³/mol. The Labute approximate surface area is 113 Å². The van der Waals surface area contributed by atoms with Gasteiger partial charge in [0.2, 0.25) is 0 Å². The Morgan fingerprint density at radius 2 is 2.00 bits per heavy atom. The van der Waals surface area contributed by atoms with E-state index in [9.17, 15) is 9.59 Å². The van der Waals surface area contributed by atoms with Crippen LogP contribution in [0.2, 0.25) is 0 Å². The molecule has 0 atom stereocenters. The van der Waals surface area contributed by atoms with Crippen LogP contribution < -0.4 is 0 Å². The summed E-state index contributed by atoms with van der Waals surface area (Å²) in [7, 11) is 1.33. The van der Waals surface area contributed by atoms with Gasteiger partial charge < -0.3 is 9.47 Å². The average Bonchev–Trinajstić information content (AvgIpc) is 2.42. The van der Waals surface area contributed by atoms with Gasteiger partial charge in [-0.1, -0.05) is 26.0 Å². The van der Waals surface area contributed by atoms with Gasteiger partial charge in [0.05, 0.1) is 12.7 Å². The Morgan fingerprint density at radius 1 is 1.26 bits per heavy atom. The molecule has 0 aliphatic rings. The lowest BCUT2D eigenvalue weighted by molar-refractivity contribution is -0.145. The third-order valence-corrected chi connectivity index (χ3v) is 2.67. The summed E-state index contributed by atoms with van der Waals surface area (Å²) in [4.78, 5) is 22.8. The summed E-state index contributed by atoms with van der Waals surface area (Å²) in [5.41, 5.74) is 1.24. The minimum absolute atomic E-state index is 0.182. The first kappa shape index (κ1) is 15.2. The monoisotopic (exact) mass is 264 g/mol. The van der Waals surface area contributed by atoms with Crippen molar-refractivity contribution in [2.45, 2.75) is 33.3 Å². The van der Waals surface area contributed by atoms with Crippen LogP contribution in [0.5, 0.6) is 0 Å². The van der Waals surface area contributed by atoms with Crippen molar-refractivity contribution in [3.63, 3.8) is 0 Å². The van der Waals surface area contributed by atoms with Gasteiger partial charge in [0.1, 0.15) is 6.61 Å². The first-order chi connectivity index (χ1) is 9.02. The topological polar surface area (TPSA) is 52.6 Å². The van der Waals surface area contributed by atoms with Gasteiger partial charge in [-0.25, -0.2) is 4.79 Å². The van der Waals surface area contributed by atoms with Crippen molar-refractivity contribution in [2.24, 2.45) is 5.92 Å². The van der Waals surface area contributed by atoms with Gasteiger partial charge in [0.25, 0.3) is 0 Å². The molecule has 0 saturated carbocycles. The lowest BCUT2D eigenvalue weighted by atomic mass is 10.1. The van der Waals surface area contributed by atoms with Crippen molar-refractivity contribution in [1.82, 2.24) is 0 Å². The molecule has 0 aliphatic heterocycles. The van der Waals surface area contributed by atoms with E-state index in [0.717, 1.165) is 12.0 Å². The van der Waals surface area contributed by atoms with Crippen LogP contribution in [0.4, 0.5) is 0 Å². The molecule has 0 bridgehead atoms. The molecule has 0 aromatic heterocycles. The largest absolute Gasteiger partial charge is 0.465 e. The Balaban J connectivity index is 2.49. The number of benzene rings is 1. The number of carbonyl (C=O) groups excluding carboxylic acids is 2. The molecule has 4 heteroatoms. The van der Waals surface area contributed by atoms with E-state index in [0.29, 0.717) is 17.9 Å². The summed E-state index contributed by atoms with van der Waals surface area (Å²) in [5, 5.41) is 0. The molecule has 104 valence electrons. The molecule has 0 spiro atoms. The second-order valence-electron chi connectivity index (χ2n) is 4.79. The van der Waals surface area contributed by atoms with E-state index >= 15 is 0 Å². The van der Waals surface area contributed by atoms with E-state index in [-0.39, 0.29) is 12.6 Å². The second-order valence-corrected chi connectivity index (χ2v) is 4.79. The molecule has 0 fully saturated rings. The third-order valence-electron chi connectivity index (χ3n) is 2.67. The van der Waals surface area contributed by atoms with Gasteiger partial charge in [0, 0.05) is 6.42 Å². The van der Waals surface area contributed by atoms with Crippen LogP contribution in [-0.2, 0) is 20.9 Å². The highest BCUT2D eigenvalue weighted by atomic mass is 16.5. The Kier molecular flexibility index (Phi) is 6.06. The maximum atomic E-state index is 11.5. The van der Waals surface area contributed by atoms with E-state index in [1.54, 1.807) is 18.2 Å². The maximum absolute atomic E-state index is 11.5. The molecule has 0 unspecified atom stereocenters. The normalized spacial score (nSPS) is 10.3. The first-order valence-electron chi connectivity index (χ1n) is 6.35. The quantitative estimate of drug-likeness (QED) is 0.741. The van der Waals surface area contributed by atoms with Crippen molar-refractivity contribution in [3.8, 4) is 0 Å². The Morgan fingerprint density at radius 3 is 2.63 bits per heavy atom. The van der Waals surface area contributed by atoms with Crippen LogP contribution in [0.1, 0.15) is 42.6 Å². The highest BCUT2D eigenvalue weighted by Gasteiger charge is 2.08. The average molecular weight is 264 g/mol. The summed E-state index contributed by atoms with van der Waals surface area (Å²) in [6.45, 7) is 4.31. The summed E-state index contributed by atoms with van der Waals surface area (Å²) >= 11 is 0. The number of esters is 2. The molecule has 1 aromatic carbocycles. The lowest BCUT2D eigenvalue weighted by Crippen LogP contribution is -2.07. The van der Waals surface area contributed by atoms with Crippen LogP contribution in [-0.4, -0.2) is 19.0 Å². The van der Waals surface area contributed by atoms with Crippen molar-refractivity contribution in [3.05, 3.63) is 35.4 Å². The fraction of sp³-hybridized carbons (Fsp3) is 0.467. The van der Waals surface area contributed by atoms with Crippen LogP contribution in [0.3, 0.4) is 0 Å². The summed E-state index contributed by atoms with van der Waals surface area (Å²) in [6.07, 6.45) is 1.25. The second kappa shape index (κ2) is 7.56. The van der Waals surface area contributed by atoms with Gasteiger partial charge in [-0.2, -0.15) is 0 Å². The molecule has 0 amide bonds. The van der Waals surface area contributed by atoms with E-state index < -0.39 is 5.97 Å². The van der Waals surface area contributed by atoms with Crippen LogP contribution >= 0.6 is 0 Å². The number of methoxy groups -OCH3 is 1. The number of hydrogen-bond acceptors (Lipinski definition) is 4. The molecule has 4 nitrogen and oxygen atoms in total. The zero-order valence-corrected chi connectivity index (χ0v) is 11.6. The molecule has 0 heterocycles. The zero-order chi connectivity index (χ0) is 14.3. The molecular weight excluding hydrogens is 244 g/mol. The third kappa shape index (κ3) is 5.55. The fourth-order valence-corrected chi connectivity index (χ4v) is 1.55. The van der Waals surface area contributed by atoms with Crippen LogP contribution in [0.25, 0.3) is 0 Å². The molecule has 0 aliphatic carbocycles. The first-order valence-corrected chi connectivity index (χ1v) is 6.35. The van der Waals surface area contributed by atoms with Crippen molar-refractivity contribution in [2.75, 3.05) is 7.11 Å². The van der Waals surface area contributed by atoms with Gasteiger partial charge in [0.15, 0.2) is 0 Å². The van der Waals surface area contributed by atoms with Gasteiger partial charge in [-0.05, 0) is 30.0 Å². The standard InChI is InChI=1S/C15H20O4/c1-11(2)7-8-14(16)19-10-12-5-4-6-13(9-12)15(17)18-3/h4-6,9,11H,7-8,10H2,1-3H3. The smallest absolute Gasteiger partial charge is 0.337 e. The highest BCUT2D eigenvalue weighted by molar-refractivity contribution is 5.89. The summed E-state index contributed by atoms with van der Waals surface area (Å²) in [6, 6.07) is 6.88. The van der Waals surface area contributed by atoms with Gasteiger partial charge >= 0.3 is 11.9 Å². The number of rotatable bonds is 6. The Bertz CT molecular complexity index is 438. The lowest BCUT2D eigenvalue weighted by Gasteiger charge is -2.07. The van der Waals surface area contributed by atoms with Crippen molar-refractivity contribution >= 4 is 11.9 Å². The predicted octanol–water partition coefficient (Wildman–Crippen LogP) is 2.95. The molecule has 19 heavy (non-hydrogen) atoms. The van der Waals surface area contributed by atoms with Crippen molar-refractivity contribution < 1.29 is 19.1 Å². The van der Waals surface area contributed by atoms with Crippen molar-refractivity contribution in [1.29, 1.82) is 0 Å². The molecule has 1 rings (SSSR count). The molecule has 1 aromatic rings.